The van der Waals surface area contributed by atoms with Crippen LogP contribution < -0.4 is 0 Å². The molecule has 0 fully saturated rings. The lowest BCUT2D eigenvalue weighted by molar-refractivity contribution is 0.125. The van der Waals surface area contributed by atoms with Crippen LogP contribution >= 0.6 is 0 Å². The molecule has 0 bridgehead atoms. The van der Waals surface area contributed by atoms with Crippen molar-refractivity contribution in [3.8, 4) is 0 Å². The number of aryl methyl sites for hydroxylation is 1. The van der Waals surface area contributed by atoms with Crippen molar-refractivity contribution < 1.29 is 14.5 Å². The first-order valence-electron chi connectivity index (χ1n) is 4.88. The van der Waals surface area contributed by atoms with Crippen molar-refractivity contribution in [3.05, 3.63) is 11.4 Å². The molecule has 0 saturated carbocycles. The zero-order valence-electron chi connectivity index (χ0n) is 9.14. The van der Waals surface area contributed by atoms with Crippen LogP contribution in [0, 0.1) is 6.92 Å². The third-order valence-electron chi connectivity index (χ3n) is 2.15. The Morgan fingerprint density at radius 1 is 1.40 bits per heavy atom. The Morgan fingerprint density at radius 2 is 2.20 bits per heavy atom. The lowest BCUT2D eigenvalue weighted by atomic mass is 10.3. The molecular weight excluding hydrogens is 198 g/mol. The van der Waals surface area contributed by atoms with Crippen LogP contribution in [0.3, 0.4) is 0 Å². The maximum absolute atomic E-state index is 8.89. The first-order valence-corrected chi connectivity index (χ1v) is 4.88. The summed E-state index contributed by atoms with van der Waals surface area (Å²) in [6.45, 7) is 4.57. The second-order valence-electron chi connectivity index (χ2n) is 3.29. The molecule has 0 aliphatic heterocycles. The van der Waals surface area contributed by atoms with E-state index < -0.39 is 0 Å². The summed E-state index contributed by atoms with van der Waals surface area (Å²) in [5, 5.41) is 16.4. The van der Waals surface area contributed by atoms with Crippen molar-refractivity contribution >= 4 is 0 Å². The van der Waals surface area contributed by atoms with Crippen molar-refractivity contribution in [3.63, 3.8) is 0 Å². The van der Waals surface area contributed by atoms with E-state index >= 15 is 0 Å². The average Bonchev–Trinajstić information content (AvgIpc) is 2.61. The van der Waals surface area contributed by atoms with Gasteiger partial charge in [0.25, 0.3) is 0 Å². The molecule has 86 valence electrons. The molecule has 0 aromatic carbocycles. The van der Waals surface area contributed by atoms with Crippen molar-refractivity contribution in [2.24, 2.45) is 0 Å². The highest BCUT2D eigenvalue weighted by atomic mass is 16.6. The highest BCUT2D eigenvalue weighted by molar-refractivity contribution is 5.04. The topological polar surface area (TPSA) is 71.6 Å². The third-order valence-corrected chi connectivity index (χ3v) is 2.15. The van der Waals surface area contributed by atoms with Crippen LogP contribution in [-0.2, 0) is 11.3 Å². The molecule has 0 amide bonds. The maximum atomic E-state index is 8.89. The van der Waals surface area contributed by atoms with Crippen LogP contribution in [0.15, 0.2) is 4.63 Å². The largest absolute Gasteiger partial charge is 0.395 e. The first-order chi connectivity index (χ1) is 7.27. The molecule has 0 aliphatic rings. The zero-order chi connectivity index (χ0) is 11.1. The highest BCUT2D eigenvalue weighted by Gasteiger charge is 2.11. The van der Waals surface area contributed by atoms with Crippen molar-refractivity contribution in [2.45, 2.75) is 13.5 Å². The van der Waals surface area contributed by atoms with Crippen LogP contribution in [-0.4, -0.2) is 53.7 Å². The Hall–Kier alpha value is -0.980. The van der Waals surface area contributed by atoms with E-state index in [1.165, 1.54) is 0 Å². The molecule has 15 heavy (non-hydrogen) atoms. The quantitative estimate of drug-likeness (QED) is 0.680. The van der Waals surface area contributed by atoms with E-state index in [0.29, 0.717) is 19.7 Å². The number of hydrogen-bond acceptors (Lipinski definition) is 6. The lowest BCUT2D eigenvalue weighted by Gasteiger charge is -2.19. The summed E-state index contributed by atoms with van der Waals surface area (Å²) in [4.78, 5) is 2.04. The number of hydrogen-bond donors (Lipinski definition) is 1. The maximum Gasteiger partial charge on any atom is 0.122 e. The Morgan fingerprint density at radius 3 is 2.73 bits per heavy atom. The van der Waals surface area contributed by atoms with Crippen LogP contribution in [0.25, 0.3) is 0 Å². The highest BCUT2D eigenvalue weighted by Crippen LogP contribution is 2.04. The predicted molar refractivity (Wildman–Crippen MR) is 53.3 cm³/mol. The summed E-state index contributed by atoms with van der Waals surface area (Å²) in [6.07, 6.45) is 0. The number of nitrogens with zero attached hydrogens (tertiary/aromatic N) is 3. The summed E-state index contributed by atoms with van der Waals surface area (Å²) >= 11 is 0. The minimum atomic E-state index is 0.119. The zero-order valence-corrected chi connectivity index (χ0v) is 9.14. The van der Waals surface area contributed by atoms with E-state index in [1.807, 2.05) is 11.8 Å². The van der Waals surface area contributed by atoms with Crippen LogP contribution in [0.4, 0.5) is 0 Å². The molecule has 0 spiro atoms. The lowest BCUT2D eigenvalue weighted by Crippen LogP contribution is -2.30. The summed E-state index contributed by atoms with van der Waals surface area (Å²) in [5.41, 5.74) is 1.59. The standard InChI is InChI=1S/C9H17N3O3/c1-8-9(11-15-10-8)7-12(3-5-13)4-6-14-2/h13H,3-7H2,1-2H3. The van der Waals surface area contributed by atoms with Crippen LogP contribution in [0.5, 0.6) is 0 Å². The summed E-state index contributed by atoms with van der Waals surface area (Å²) in [5.74, 6) is 0. The van der Waals surface area contributed by atoms with E-state index in [4.69, 9.17) is 9.84 Å². The Kier molecular flexibility index (Phi) is 5.23. The van der Waals surface area contributed by atoms with Crippen LogP contribution in [0.2, 0.25) is 0 Å². The van der Waals surface area contributed by atoms with Gasteiger partial charge >= 0.3 is 0 Å². The summed E-state index contributed by atoms with van der Waals surface area (Å²) in [6, 6.07) is 0. The number of aromatic nitrogens is 2. The number of rotatable bonds is 7. The second kappa shape index (κ2) is 6.49. The monoisotopic (exact) mass is 215 g/mol. The molecular formula is C9H17N3O3. The number of aliphatic hydroxyl groups is 1. The van der Waals surface area contributed by atoms with Gasteiger partial charge in [0.15, 0.2) is 0 Å². The molecule has 1 aromatic rings. The SMILES string of the molecule is COCCN(CCO)Cc1nonc1C. The predicted octanol–water partition coefficient (Wildman–Crippen LogP) is -0.181. The summed E-state index contributed by atoms with van der Waals surface area (Å²) < 4.78 is 9.59. The van der Waals surface area contributed by atoms with Gasteiger partial charge in [-0.1, -0.05) is 10.3 Å². The van der Waals surface area contributed by atoms with Crippen LogP contribution in [0.1, 0.15) is 11.4 Å². The second-order valence-corrected chi connectivity index (χ2v) is 3.29. The minimum Gasteiger partial charge on any atom is -0.395 e. The molecule has 0 radical (unpaired) electrons. The van der Waals surface area contributed by atoms with Gasteiger partial charge in [-0.3, -0.25) is 4.90 Å². The van der Waals surface area contributed by atoms with Crippen molar-refractivity contribution in [2.75, 3.05) is 33.4 Å². The van der Waals surface area contributed by atoms with Crippen molar-refractivity contribution in [1.29, 1.82) is 0 Å². The van der Waals surface area contributed by atoms with Gasteiger partial charge < -0.3 is 9.84 Å². The molecule has 0 unspecified atom stereocenters. The Balaban J connectivity index is 2.46. The fraction of sp³-hybridized carbons (Fsp3) is 0.778. The van der Waals surface area contributed by atoms with Gasteiger partial charge in [0, 0.05) is 26.7 Å². The molecule has 1 aromatic heterocycles. The van der Waals surface area contributed by atoms with Gasteiger partial charge in [-0.25, -0.2) is 4.63 Å². The Labute approximate surface area is 88.8 Å². The van der Waals surface area contributed by atoms with Gasteiger partial charge in [-0.15, -0.1) is 0 Å². The minimum absolute atomic E-state index is 0.119. The smallest absolute Gasteiger partial charge is 0.122 e. The van der Waals surface area contributed by atoms with Gasteiger partial charge in [-0.2, -0.15) is 0 Å². The molecule has 0 atom stereocenters. The van der Waals surface area contributed by atoms with E-state index in [2.05, 4.69) is 14.9 Å². The fourth-order valence-corrected chi connectivity index (χ4v) is 1.24. The normalized spacial score (nSPS) is 11.2. The molecule has 1 heterocycles. The molecule has 1 rings (SSSR count). The number of ether oxygens (including phenoxy) is 1. The van der Waals surface area contributed by atoms with Crippen molar-refractivity contribution in [1.82, 2.24) is 15.2 Å². The summed E-state index contributed by atoms with van der Waals surface area (Å²) in [7, 11) is 1.65. The molecule has 1 N–H and O–H groups in total. The van der Waals surface area contributed by atoms with Gasteiger partial charge in [0.05, 0.1) is 13.2 Å². The molecule has 0 aliphatic carbocycles. The number of aliphatic hydroxyl groups excluding tert-OH is 1. The molecule has 6 heteroatoms. The van der Waals surface area contributed by atoms with Gasteiger partial charge in [0.2, 0.25) is 0 Å². The van der Waals surface area contributed by atoms with Gasteiger partial charge in [0.1, 0.15) is 11.4 Å². The van der Waals surface area contributed by atoms with Gasteiger partial charge in [-0.05, 0) is 6.92 Å². The van der Waals surface area contributed by atoms with E-state index in [-0.39, 0.29) is 6.61 Å². The van der Waals surface area contributed by atoms with E-state index in [0.717, 1.165) is 17.9 Å². The number of methoxy groups -OCH3 is 1. The fourth-order valence-electron chi connectivity index (χ4n) is 1.24. The first kappa shape index (κ1) is 12.1. The average molecular weight is 215 g/mol. The molecule has 6 nitrogen and oxygen atoms in total. The van der Waals surface area contributed by atoms with E-state index in [9.17, 15) is 0 Å². The molecule has 0 saturated heterocycles. The Bertz CT molecular complexity index is 277. The third kappa shape index (κ3) is 3.94. The van der Waals surface area contributed by atoms with E-state index in [1.54, 1.807) is 7.11 Å².